The average molecular weight is 461 g/mol. The Morgan fingerprint density at radius 3 is 2.24 bits per heavy atom. The molecular formula is C28H28O6. The summed E-state index contributed by atoms with van der Waals surface area (Å²) in [6.45, 7) is 2.97. The molecule has 0 bridgehead atoms. The van der Waals surface area contributed by atoms with Gasteiger partial charge in [0.15, 0.2) is 17.3 Å². The van der Waals surface area contributed by atoms with Crippen molar-refractivity contribution in [2.45, 2.75) is 19.8 Å². The molecule has 0 aliphatic rings. The van der Waals surface area contributed by atoms with Gasteiger partial charge in [-0.15, -0.1) is 0 Å². The van der Waals surface area contributed by atoms with Crippen LogP contribution in [0.2, 0.25) is 0 Å². The summed E-state index contributed by atoms with van der Waals surface area (Å²) in [7, 11) is 3.14. The first-order valence-corrected chi connectivity index (χ1v) is 11.2. The van der Waals surface area contributed by atoms with Gasteiger partial charge in [0.1, 0.15) is 11.3 Å². The van der Waals surface area contributed by atoms with Gasteiger partial charge < -0.3 is 23.4 Å². The zero-order valence-corrected chi connectivity index (χ0v) is 19.6. The molecule has 176 valence electrons. The van der Waals surface area contributed by atoms with Gasteiger partial charge in [-0.3, -0.25) is 4.79 Å². The van der Waals surface area contributed by atoms with Crippen LogP contribution in [0.25, 0.3) is 22.3 Å². The topological polar surface area (TPSA) is 67.1 Å². The molecule has 0 fully saturated rings. The van der Waals surface area contributed by atoms with Crippen LogP contribution < -0.4 is 24.4 Å². The third-order valence-electron chi connectivity index (χ3n) is 5.48. The molecule has 34 heavy (non-hydrogen) atoms. The van der Waals surface area contributed by atoms with E-state index in [-0.39, 0.29) is 11.2 Å². The van der Waals surface area contributed by atoms with E-state index in [1.54, 1.807) is 38.5 Å². The fraction of sp³-hybridized carbons (Fsp3) is 0.250. The summed E-state index contributed by atoms with van der Waals surface area (Å²) < 4.78 is 28.7. The lowest BCUT2D eigenvalue weighted by Crippen LogP contribution is -2.12. The maximum Gasteiger partial charge on any atom is 0.235 e. The Bertz CT molecular complexity index is 1310. The summed E-state index contributed by atoms with van der Waals surface area (Å²) in [6.07, 6.45) is 1.52. The SMILES string of the molecule is COc1ccc(-c2oc3ccccc3c(=O)c2OCCCCOc2ccc(C)cc2)cc1OC. The summed E-state index contributed by atoms with van der Waals surface area (Å²) in [5.41, 5.74) is 2.15. The largest absolute Gasteiger partial charge is 0.494 e. The van der Waals surface area contributed by atoms with Gasteiger partial charge in [0.05, 0.1) is 32.8 Å². The molecule has 1 aromatic heterocycles. The molecule has 0 aliphatic carbocycles. The van der Waals surface area contributed by atoms with Crippen LogP contribution >= 0.6 is 0 Å². The van der Waals surface area contributed by atoms with E-state index < -0.39 is 0 Å². The second-order valence-electron chi connectivity index (χ2n) is 7.87. The normalized spacial score (nSPS) is 10.8. The Morgan fingerprint density at radius 2 is 1.50 bits per heavy atom. The molecule has 0 saturated heterocycles. The Morgan fingerprint density at radius 1 is 0.794 bits per heavy atom. The highest BCUT2D eigenvalue weighted by molar-refractivity contribution is 5.82. The lowest BCUT2D eigenvalue weighted by atomic mass is 10.1. The molecule has 0 aliphatic heterocycles. The van der Waals surface area contributed by atoms with E-state index in [0.29, 0.717) is 47.0 Å². The van der Waals surface area contributed by atoms with E-state index >= 15 is 0 Å². The number of aryl methyl sites for hydroxylation is 1. The average Bonchev–Trinajstić information content (AvgIpc) is 2.87. The fourth-order valence-corrected chi connectivity index (χ4v) is 3.63. The van der Waals surface area contributed by atoms with Crippen LogP contribution in [-0.2, 0) is 0 Å². The van der Waals surface area contributed by atoms with Crippen molar-refractivity contribution in [2.24, 2.45) is 0 Å². The first kappa shape index (κ1) is 23.2. The van der Waals surface area contributed by atoms with Gasteiger partial charge in [-0.05, 0) is 62.2 Å². The maximum atomic E-state index is 13.3. The summed E-state index contributed by atoms with van der Waals surface area (Å²) >= 11 is 0. The molecule has 0 atom stereocenters. The zero-order chi connectivity index (χ0) is 23.9. The molecule has 0 radical (unpaired) electrons. The van der Waals surface area contributed by atoms with Crippen molar-refractivity contribution < 1.29 is 23.4 Å². The number of para-hydroxylation sites is 1. The number of rotatable bonds is 10. The van der Waals surface area contributed by atoms with Crippen molar-refractivity contribution in [1.82, 2.24) is 0 Å². The predicted molar refractivity (Wildman–Crippen MR) is 132 cm³/mol. The molecule has 0 amide bonds. The minimum absolute atomic E-state index is 0.186. The Hall–Kier alpha value is -3.93. The number of fused-ring (bicyclic) bond motifs is 1. The van der Waals surface area contributed by atoms with E-state index in [1.165, 1.54) is 5.56 Å². The molecule has 0 N–H and O–H groups in total. The highest BCUT2D eigenvalue weighted by atomic mass is 16.5. The van der Waals surface area contributed by atoms with Crippen molar-refractivity contribution in [2.75, 3.05) is 27.4 Å². The lowest BCUT2D eigenvalue weighted by molar-refractivity contribution is 0.263. The van der Waals surface area contributed by atoms with Gasteiger partial charge in [0.2, 0.25) is 11.2 Å². The number of methoxy groups -OCH3 is 2. The molecule has 3 aromatic carbocycles. The highest BCUT2D eigenvalue weighted by Crippen LogP contribution is 2.36. The van der Waals surface area contributed by atoms with Gasteiger partial charge in [0, 0.05) is 5.56 Å². The Kier molecular flexibility index (Phi) is 7.38. The third-order valence-corrected chi connectivity index (χ3v) is 5.48. The van der Waals surface area contributed by atoms with Crippen LogP contribution in [0.4, 0.5) is 0 Å². The maximum absolute atomic E-state index is 13.3. The smallest absolute Gasteiger partial charge is 0.235 e. The lowest BCUT2D eigenvalue weighted by Gasteiger charge is -2.14. The number of hydrogen-bond acceptors (Lipinski definition) is 6. The van der Waals surface area contributed by atoms with Crippen LogP contribution in [0.3, 0.4) is 0 Å². The Balaban J connectivity index is 1.52. The van der Waals surface area contributed by atoms with Crippen LogP contribution in [0.1, 0.15) is 18.4 Å². The third kappa shape index (κ3) is 5.17. The minimum Gasteiger partial charge on any atom is -0.494 e. The predicted octanol–water partition coefficient (Wildman–Crippen LogP) is 6.02. The van der Waals surface area contributed by atoms with Gasteiger partial charge >= 0.3 is 0 Å². The summed E-state index contributed by atoms with van der Waals surface area (Å²) in [5.74, 6) is 2.52. The molecule has 6 heteroatoms. The first-order chi connectivity index (χ1) is 16.6. The quantitative estimate of drug-likeness (QED) is 0.270. The highest BCUT2D eigenvalue weighted by Gasteiger charge is 2.19. The van der Waals surface area contributed by atoms with Crippen molar-refractivity contribution in [3.05, 3.63) is 82.5 Å². The number of ether oxygens (including phenoxy) is 4. The minimum atomic E-state index is -0.206. The van der Waals surface area contributed by atoms with Gasteiger partial charge in [-0.1, -0.05) is 29.8 Å². The number of hydrogen-bond donors (Lipinski definition) is 0. The fourth-order valence-electron chi connectivity index (χ4n) is 3.63. The molecule has 0 unspecified atom stereocenters. The molecule has 4 rings (SSSR count). The van der Waals surface area contributed by atoms with Crippen molar-refractivity contribution >= 4 is 11.0 Å². The van der Waals surface area contributed by atoms with Gasteiger partial charge in [0.25, 0.3) is 0 Å². The molecule has 4 aromatic rings. The van der Waals surface area contributed by atoms with E-state index in [0.717, 1.165) is 18.6 Å². The van der Waals surface area contributed by atoms with E-state index in [1.807, 2.05) is 49.4 Å². The van der Waals surface area contributed by atoms with E-state index in [4.69, 9.17) is 23.4 Å². The van der Waals surface area contributed by atoms with Gasteiger partial charge in [-0.2, -0.15) is 0 Å². The second-order valence-corrected chi connectivity index (χ2v) is 7.87. The van der Waals surface area contributed by atoms with Crippen LogP contribution in [0.15, 0.2) is 75.9 Å². The molecule has 6 nitrogen and oxygen atoms in total. The van der Waals surface area contributed by atoms with Crippen LogP contribution in [-0.4, -0.2) is 27.4 Å². The van der Waals surface area contributed by atoms with E-state index in [9.17, 15) is 4.79 Å². The van der Waals surface area contributed by atoms with Crippen molar-refractivity contribution in [3.63, 3.8) is 0 Å². The van der Waals surface area contributed by atoms with Crippen molar-refractivity contribution in [3.8, 4) is 34.3 Å². The Labute approximate surface area is 198 Å². The standard InChI is InChI=1S/C28H28O6/c1-19-10-13-21(14-11-19)32-16-6-7-17-33-28-26(29)22-8-4-5-9-23(22)34-27(28)20-12-15-24(30-2)25(18-20)31-3/h4-5,8-15,18H,6-7,16-17H2,1-3H3. The molecular weight excluding hydrogens is 432 g/mol. The van der Waals surface area contributed by atoms with Crippen molar-refractivity contribution in [1.29, 1.82) is 0 Å². The van der Waals surface area contributed by atoms with Gasteiger partial charge in [-0.25, -0.2) is 0 Å². The number of unbranched alkanes of at least 4 members (excludes halogenated alkanes) is 1. The molecule has 1 heterocycles. The van der Waals surface area contributed by atoms with E-state index in [2.05, 4.69) is 0 Å². The molecule has 0 saturated carbocycles. The summed E-state index contributed by atoms with van der Waals surface area (Å²) in [5, 5.41) is 0.476. The van der Waals surface area contributed by atoms with Crippen LogP contribution in [0.5, 0.6) is 23.0 Å². The monoisotopic (exact) mass is 460 g/mol. The van der Waals surface area contributed by atoms with Crippen LogP contribution in [0, 0.1) is 6.92 Å². The number of benzene rings is 3. The summed E-state index contributed by atoms with van der Waals surface area (Å²) in [6, 6.07) is 20.5. The molecule has 0 spiro atoms. The summed E-state index contributed by atoms with van der Waals surface area (Å²) in [4.78, 5) is 13.3. The second kappa shape index (κ2) is 10.8. The first-order valence-electron chi connectivity index (χ1n) is 11.2. The zero-order valence-electron chi connectivity index (χ0n) is 19.6.